The van der Waals surface area contributed by atoms with E-state index in [1.807, 2.05) is 12.4 Å². The number of imidazole rings is 1. The molecule has 0 saturated carbocycles. The van der Waals surface area contributed by atoms with Crippen molar-refractivity contribution in [1.29, 1.82) is 0 Å². The van der Waals surface area contributed by atoms with Crippen molar-refractivity contribution < 1.29 is 0 Å². The van der Waals surface area contributed by atoms with Crippen molar-refractivity contribution >= 4 is 0 Å². The summed E-state index contributed by atoms with van der Waals surface area (Å²) in [6.07, 6.45) is 8.54. The van der Waals surface area contributed by atoms with Crippen LogP contribution in [-0.4, -0.2) is 16.1 Å². The van der Waals surface area contributed by atoms with Crippen LogP contribution in [0.2, 0.25) is 0 Å². The lowest BCUT2D eigenvalue weighted by Gasteiger charge is -2.09. The minimum atomic E-state index is 0.654. The Morgan fingerprint density at radius 2 is 2.11 bits per heavy atom. The van der Waals surface area contributed by atoms with Gasteiger partial charge in [0.1, 0.15) is 5.82 Å². The van der Waals surface area contributed by atoms with Crippen molar-refractivity contribution in [2.24, 2.45) is 5.73 Å². The highest BCUT2D eigenvalue weighted by Gasteiger charge is 2.11. The van der Waals surface area contributed by atoms with Gasteiger partial charge < -0.3 is 10.3 Å². The van der Waals surface area contributed by atoms with Gasteiger partial charge in [-0.15, -0.1) is 0 Å². The Morgan fingerprint density at radius 3 is 3.00 bits per heavy atom. The van der Waals surface area contributed by atoms with Crippen molar-refractivity contribution in [1.82, 2.24) is 9.55 Å². The molecule has 18 heavy (non-hydrogen) atoms. The summed E-state index contributed by atoms with van der Waals surface area (Å²) in [7, 11) is 0. The molecule has 0 atom stereocenters. The van der Waals surface area contributed by atoms with E-state index in [4.69, 9.17) is 5.73 Å². The molecule has 0 aliphatic heterocycles. The van der Waals surface area contributed by atoms with Gasteiger partial charge in [-0.25, -0.2) is 4.98 Å². The first-order valence-corrected chi connectivity index (χ1v) is 6.67. The van der Waals surface area contributed by atoms with Crippen LogP contribution in [0.25, 0.3) is 0 Å². The highest BCUT2D eigenvalue weighted by Crippen LogP contribution is 2.23. The summed E-state index contributed by atoms with van der Waals surface area (Å²) in [4.78, 5) is 4.36. The fourth-order valence-electron chi connectivity index (χ4n) is 2.76. The molecule has 0 bridgehead atoms. The standard InChI is InChI=1S/C15H19N3/c16-7-6-15-17-8-9-18(15)11-12-4-5-13-2-1-3-14(13)10-12/h4-5,8-10H,1-3,6-7,11,16H2. The zero-order chi connectivity index (χ0) is 12.4. The number of aryl methyl sites for hydroxylation is 2. The Morgan fingerprint density at radius 1 is 1.22 bits per heavy atom. The molecule has 0 fully saturated rings. The molecule has 0 amide bonds. The zero-order valence-electron chi connectivity index (χ0n) is 10.6. The molecule has 3 nitrogen and oxygen atoms in total. The molecule has 1 heterocycles. The summed E-state index contributed by atoms with van der Waals surface area (Å²) in [5, 5.41) is 0. The van der Waals surface area contributed by atoms with Crippen molar-refractivity contribution in [3.63, 3.8) is 0 Å². The van der Waals surface area contributed by atoms with Crippen LogP contribution < -0.4 is 5.73 Å². The first-order valence-electron chi connectivity index (χ1n) is 6.67. The second kappa shape index (κ2) is 4.94. The van der Waals surface area contributed by atoms with E-state index >= 15 is 0 Å². The first-order chi connectivity index (χ1) is 8.86. The van der Waals surface area contributed by atoms with Gasteiger partial charge in [-0.2, -0.15) is 0 Å². The Kier molecular flexibility index (Phi) is 3.15. The summed E-state index contributed by atoms with van der Waals surface area (Å²) in [6.45, 7) is 1.56. The first kappa shape index (κ1) is 11.5. The highest BCUT2D eigenvalue weighted by molar-refractivity contribution is 5.35. The molecule has 1 aromatic heterocycles. The van der Waals surface area contributed by atoms with E-state index in [1.165, 1.54) is 36.0 Å². The second-order valence-corrected chi connectivity index (χ2v) is 4.97. The minimum Gasteiger partial charge on any atom is -0.330 e. The molecule has 3 heteroatoms. The normalized spacial score (nSPS) is 13.8. The van der Waals surface area contributed by atoms with Gasteiger partial charge in [-0.1, -0.05) is 18.2 Å². The Balaban J connectivity index is 1.81. The number of hydrogen-bond acceptors (Lipinski definition) is 2. The fraction of sp³-hybridized carbons (Fsp3) is 0.400. The van der Waals surface area contributed by atoms with Crippen LogP contribution in [0, 0.1) is 0 Å². The summed E-state index contributed by atoms with van der Waals surface area (Å²) < 4.78 is 2.20. The van der Waals surface area contributed by atoms with Crippen molar-refractivity contribution in [2.75, 3.05) is 6.54 Å². The number of benzene rings is 1. The van der Waals surface area contributed by atoms with Gasteiger partial charge in [-0.05, 0) is 42.5 Å². The van der Waals surface area contributed by atoms with E-state index in [2.05, 4.69) is 27.8 Å². The predicted octanol–water partition coefficient (Wildman–Crippen LogP) is 1.92. The molecular weight excluding hydrogens is 222 g/mol. The molecule has 0 radical (unpaired) electrons. The molecule has 0 unspecified atom stereocenters. The maximum absolute atomic E-state index is 5.60. The number of nitrogens with zero attached hydrogens (tertiary/aromatic N) is 2. The molecule has 2 N–H and O–H groups in total. The quantitative estimate of drug-likeness (QED) is 0.888. The van der Waals surface area contributed by atoms with Crippen LogP contribution >= 0.6 is 0 Å². The molecule has 1 aliphatic carbocycles. The monoisotopic (exact) mass is 241 g/mol. The van der Waals surface area contributed by atoms with Crippen LogP contribution in [0.15, 0.2) is 30.6 Å². The Bertz CT molecular complexity index is 542. The molecule has 1 aromatic carbocycles. The molecule has 0 saturated heterocycles. The average molecular weight is 241 g/mol. The molecule has 1 aliphatic rings. The highest BCUT2D eigenvalue weighted by atomic mass is 15.1. The number of hydrogen-bond donors (Lipinski definition) is 1. The third-order valence-corrected chi connectivity index (χ3v) is 3.69. The van der Waals surface area contributed by atoms with Gasteiger partial charge in [0.15, 0.2) is 0 Å². The summed E-state index contributed by atoms with van der Waals surface area (Å²) in [5.41, 5.74) is 10.0. The van der Waals surface area contributed by atoms with Gasteiger partial charge in [-0.3, -0.25) is 0 Å². The van der Waals surface area contributed by atoms with Gasteiger partial charge >= 0.3 is 0 Å². The summed E-state index contributed by atoms with van der Waals surface area (Å²) in [6, 6.07) is 6.89. The lowest BCUT2D eigenvalue weighted by molar-refractivity contribution is 0.716. The molecule has 94 valence electrons. The van der Waals surface area contributed by atoms with Crippen LogP contribution in [0.1, 0.15) is 28.9 Å². The van der Waals surface area contributed by atoms with Crippen LogP contribution in [-0.2, 0) is 25.8 Å². The van der Waals surface area contributed by atoms with Crippen LogP contribution in [0.3, 0.4) is 0 Å². The minimum absolute atomic E-state index is 0.654. The summed E-state index contributed by atoms with van der Waals surface area (Å²) >= 11 is 0. The van der Waals surface area contributed by atoms with Gasteiger partial charge in [0.2, 0.25) is 0 Å². The lowest BCUT2D eigenvalue weighted by atomic mass is 10.1. The van der Waals surface area contributed by atoms with Crippen molar-refractivity contribution in [3.8, 4) is 0 Å². The topological polar surface area (TPSA) is 43.8 Å². The van der Waals surface area contributed by atoms with Crippen molar-refractivity contribution in [3.05, 3.63) is 53.1 Å². The average Bonchev–Trinajstić information content (AvgIpc) is 2.99. The third kappa shape index (κ3) is 2.18. The van der Waals surface area contributed by atoms with Gasteiger partial charge in [0, 0.05) is 25.4 Å². The predicted molar refractivity (Wildman–Crippen MR) is 72.6 cm³/mol. The number of fused-ring (bicyclic) bond motifs is 1. The van der Waals surface area contributed by atoms with E-state index in [9.17, 15) is 0 Å². The van der Waals surface area contributed by atoms with Crippen molar-refractivity contribution in [2.45, 2.75) is 32.2 Å². The van der Waals surface area contributed by atoms with Crippen LogP contribution in [0.4, 0.5) is 0 Å². The zero-order valence-corrected chi connectivity index (χ0v) is 10.6. The smallest absolute Gasteiger partial charge is 0.110 e. The fourth-order valence-corrected chi connectivity index (χ4v) is 2.76. The molecule has 3 rings (SSSR count). The maximum atomic E-state index is 5.60. The molecular formula is C15H19N3. The number of aromatic nitrogens is 2. The third-order valence-electron chi connectivity index (χ3n) is 3.69. The van der Waals surface area contributed by atoms with Gasteiger partial charge in [0.05, 0.1) is 0 Å². The van der Waals surface area contributed by atoms with E-state index in [-0.39, 0.29) is 0 Å². The van der Waals surface area contributed by atoms with Gasteiger partial charge in [0.25, 0.3) is 0 Å². The number of nitrogens with two attached hydrogens (primary N) is 1. The van der Waals surface area contributed by atoms with E-state index < -0.39 is 0 Å². The SMILES string of the molecule is NCCc1nccn1Cc1ccc2c(c1)CCC2. The van der Waals surface area contributed by atoms with E-state index in [1.54, 1.807) is 0 Å². The summed E-state index contributed by atoms with van der Waals surface area (Å²) in [5.74, 6) is 1.08. The Hall–Kier alpha value is -1.61. The number of rotatable bonds is 4. The molecule has 2 aromatic rings. The van der Waals surface area contributed by atoms with E-state index in [0.717, 1.165) is 18.8 Å². The lowest BCUT2D eigenvalue weighted by Crippen LogP contribution is -2.10. The maximum Gasteiger partial charge on any atom is 0.110 e. The second-order valence-electron chi connectivity index (χ2n) is 4.97. The Labute approximate surface area is 108 Å². The molecule has 0 spiro atoms. The van der Waals surface area contributed by atoms with Crippen LogP contribution in [0.5, 0.6) is 0 Å². The van der Waals surface area contributed by atoms with E-state index in [0.29, 0.717) is 6.54 Å². The largest absolute Gasteiger partial charge is 0.330 e.